The van der Waals surface area contributed by atoms with Gasteiger partial charge in [-0.2, -0.15) is 24.4 Å². The van der Waals surface area contributed by atoms with E-state index in [-0.39, 0.29) is 34.1 Å². The van der Waals surface area contributed by atoms with E-state index >= 15 is 0 Å². The molecule has 0 saturated heterocycles. The molecule has 156 valence electrons. The van der Waals surface area contributed by atoms with Gasteiger partial charge < -0.3 is 4.74 Å². The summed E-state index contributed by atoms with van der Waals surface area (Å²) in [7, 11) is 0. The number of H-pyrrole nitrogens is 1. The average Bonchev–Trinajstić information content (AvgIpc) is 2.72. The Bertz CT molecular complexity index is 1330. The van der Waals surface area contributed by atoms with Crippen LogP contribution in [-0.2, 0) is 12.5 Å². The van der Waals surface area contributed by atoms with Crippen molar-refractivity contribution in [2.45, 2.75) is 19.4 Å². The van der Waals surface area contributed by atoms with Crippen molar-refractivity contribution >= 4 is 11.6 Å². The Labute approximate surface area is 177 Å². The minimum Gasteiger partial charge on any atom is -0.449 e. The third kappa shape index (κ3) is 4.74. The second-order valence-corrected chi connectivity index (χ2v) is 6.75. The first kappa shape index (κ1) is 21.6. The Morgan fingerprint density at radius 1 is 1.19 bits per heavy atom. The van der Waals surface area contributed by atoms with Crippen LogP contribution < -0.4 is 15.9 Å². The smallest absolute Gasteiger partial charge is 0.297 e. The number of halogens is 3. The summed E-state index contributed by atoms with van der Waals surface area (Å²) in [5.41, 5.74) is -2.51. The minimum atomic E-state index is -3.55. The molecule has 0 fully saturated rings. The van der Waals surface area contributed by atoms with Gasteiger partial charge >= 0.3 is 0 Å². The number of ether oxygens (including phenoxy) is 1. The molecule has 2 heterocycles. The van der Waals surface area contributed by atoms with Crippen molar-refractivity contribution in [3.63, 3.8) is 0 Å². The summed E-state index contributed by atoms with van der Waals surface area (Å²) < 4.78 is 34.4. The van der Waals surface area contributed by atoms with Gasteiger partial charge in [-0.3, -0.25) is 14.2 Å². The molecule has 9 nitrogen and oxygen atoms in total. The van der Waals surface area contributed by atoms with Gasteiger partial charge in [0.25, 0.3) is 17.0 Å². The van der Waals surface area contributed by atoms with Crippen molar-refractivity contribution in [3.8, 4) is 23.6 Å². The van der Waals surface area contributed by atoms with Gasteiger partial charge in [0.2, 0.25) is 5.75 Å². The number of nitriles is 2. The molecule has 12 heteroatoms. The molecule has 31 heavy (non-hydrogen) atoms. The predicted molar refractivity (Wildman–Crippen MR) is 103 cm³/mol. The molecule has 0 unspecified atom stereocenters. The molecule has 0 atom stereocenters. The number of aromatic nitrogens is 4. The van der Waals surface area contributed by atoms with Gasteiger partial charge in [-0.1, -0.05) is 11.6 Å². The molecule has 1 aromatic carbocycles. The van der Waals surface area contributed by atoms with Crippen molar-refractivity contribution in [3.05, 3.63) is 78.8 Å². The van der Waals surface area contributed by atoms with Gasteiger partial charge in [0.15, 0.2) is 5.69 Å². The third-order valence-electron chi connectivity index (χ3n) is 3.99. The first-order chi connectivity index (χ1) is 14.6. The van der Waals surface area contributed by atoms with E-state index in [1.165, 1.54) is 24.3 Å². The Hall–Kier alpha value is -4.09. The Kier molecular flexibility index (Phi) is 5.81. The molecule has 1 N–H and O–H groups in total. The Balaban J connectivity index is 2.14. The van der Waals surface area contributed by atoms with Gasteiger partial charge in [-0.05, 0) is 24.3 Å². The third-order valence-corrected chi connectivity index (χ3v) is 4.18. The summed E-state index contributed by atoms with van der Waals surface area (Å²) in [6, 6.07) is 8.46. The highest BCUT2D eigenvalue weighted by Gasteiger charge is 2.33. The van der Waals surface area contributed by atoms with Gasteiger partial charge in [0.05, 0.1) is 36.1 Å². The fourth-order valence-corrected chi connectivity index (χ4v) is 2.78. The molecule has 0 aliphatic heterocycles. The van der Waals surface area contributed by atoms with Crippen LogP contribution in [0.1, 0.15) is 29.3 Å². The molecule has 3 aromatic rings. The van der Waals surface area contributed by atoms with Gasteiger partial charge in [-0.15, -0.1) is 0 Å². The van der Waals surface area contributed by atoms with Crippen molar-refractivity contribution in [1.29, 1.82) is 10.5 Å². The van der Waals surface area contributed by atoms with Crippen LogP contribution in [0.4, 0.5) is 8.78 Å². The summed E-state index contributed by atoms with van der Waals surface area (Å²) in [4.78, 5) is 28.5. The maximum absolute atomic E-state index is 14.1. The Morgan fingerprint density at radius 3 is 2.42 bits per heavy atom. The topological polar surface area (TPSA) is 137 Å². The summed E-state index contributed by atoms with van der Waals surface area (Å²) in [6.07, 6.45) is 0.849. The minimum absolute atomic E-state index is 0.0287. The number of benzene rings is 1. The largest absolute Gasteiger partial charge is 0.449 e. The quantitative estimate of drug-likeness (QED) is 0.638. The zero-order valence-corrected chi connectivity index (χ0v) is 16.4. The fourth-order valence-electron chi connectivity index (χ4n) is 2.61. The molecule has 0 amide bonds. The molecule has 3 rings (SSSR count). The number of nitrogens with one attached hydrogen (secondary N) is 1. The molecule has 0 saturated carbocycles. The van der Waals surface area contributed by atoms with E-state index in [1.807, 2.05) is 12.1 Å². The highest BCUT2D eigenvalue weighted by Crippen LogP contribution is 2.33. The molecule has 0 aliphatic rings. The summed E-state index contributed by atoms with van der Waals surface area (Å²) in [5, 5.41) is 23.8. The Morgan fingerprint density at radius 2 is 1.84 bits per heavy atom. The lowest BCUT2D eigenvalue weighted by molar-refractivity contribution is 0.0101. The van der Waals surface area contributed by atoms with Crippen molar-refractivity contribution in [2.75, 3.05) is 0 Å². The van der Waals surface area contributed by atoms with Crippen molar-refractivity contribution in [2.24, 2.45) is 0 Å². The number of hydrogen-bond donors (Lipinski definition) is 1. The normalized spacial score (nSPS) is 10.9. The first-order valence-electron chi connectivity index (χ1n) is 8.47. The van der Waals surface area contributed by atoms with Crippen LogP contribution in [0.2, 0.25) is 5.15 Å². The molecule has 0 spiro atoms. The lowest BCUT2D eigenvalue weighted by Gasteiger charge is -2.16. The van der Waals surface area contributed by atoms with E-state index in [9.17, 15) is 18.4 Å². The first-order valence-corrected chi connectivity index (χ1v) is 8.85. The number of rotatable bonds is 5. The van der Waals surface area contributed by atoms with E-state index in [1.54, 1.807) is 0 Å². The SMILES string of the molecule is CC(F)(F)c1ncn(Cc2cc(Cl)n[nH]c2=O)c(=O)c1Oc1cc(C#N)cc(C#N)c1. The second kappa shape index (κ2) is 8.34. The molecular formula is C19H11ClF2N6O3. The molecule has 0 aliphatic carbocycles. The summed E-state index contributed by atoms with van der Waals surface area (Å²) in [6.45, 7) is 0.183. The van der Waals surface area contributed by atoms with E-state index < -0.39 is 28.5 Å². The highest BCUT2D eigenvalue weighted by atomic mass is 35.5. The second-order valence-electron chi connectivity index (χ2n) is 6.36. The summed E-state index contributed by atoms with van der Waals surface area (Å²) in [5.74, 6) is -4.54. The monoisotopic (exact) mass is 444 g/mol. The highest BCUT2D eigenvalue weighted by molar-refractivity contribution is 6.29. The van der Waals surface area contributed by atoms with Crippen LogP contribution in [0.5, 0.6) is 11.5 Å². The molecule has 0 bridgehead atoms. The standard InChI is InChI=1S/C19H11ClF2N6O3/c1-19(21,22)16-15(31-13-3-10(6-23)2-11(4-13)7-24)18(30)28(9-25-16)8-12-5-14(20)26-27-17(12)29/h2-5,9H,8H2,1H3,(H,27,29). The van der Waals surface area contributed by atoms with Gasteiger partial charge in [-0.25, -0.2) is 10.1 Å². The zero-order chi connectivity index (χ0) is 22.8. The van der Waals surface area contributed by atoms with E-state index in [4.69, 9.17) is 26.9 Å². The number of aromatic amines is 1. The van der Waals surface area contributed by atoms with Crippen LogP contribution in [-0.4, -0.2) is 19.7 Å². The number of nitrogens with zero attached hydrogens (tertiary/aromatic N) is 5. The van der Waals surface area contributed by atoms with E-state index in [2.05, 4.69) is 15.2 Å². The zero-order valence-electron chi connectivity index (χ0n) is 15.7. The molecule has 0 radical (unpaired) electrons. The maximum Gasteiger partial charge on any atom is 0.297 e. The molecule has 2 aromatic heterocycles. The van der Waals surface area contributed by atoms with Crippen LogP contribution in [0.3, 0.4) is 0 Å². The number of hydrogen-bond acceptors (Lipinski definition) is 7. The average molecular weight is 445 g/mol. The maximum atomic E-state index is 14.1. The number of alkyl halides is 2. The van der Waals surface area contributed by atoms with Crippen molar-refractivity contribution < 1.29 is 13.5 Å². The lowest BCUT2D eigenvalue weighted by atomic mass is 10.1. The van der Waals surface area contributed by atoms with Crippen LogP contribution in [0.15, 0.2) is 40.2 Å². The predicted octanol–water partition coefficient (Wildman–Crippen LogP) is 2.68. The van der Waals surface area contributed by atoms with E-state index in [0.717, 1.165) is 10.9 Å². The van der Waals surface area contributed by atoms with Gasteiger partial charge in [0, 0.05) is 12.5 Å². The van der Waals surface area contributed by atoms with Crippen LogP contribution in [0.25, 0.3) is 0 Å². The van der Waals surface area contributed by atoms with E-state index in [0.29, 0.717) is 6.92 Å². The van der Waals surface area contributed by atoms with Crippen molar-refractivity contribution in [1.82, 2.24) is 19.7 Å². The lowest BCUT2D eigenvalue weighted by Crippen LogP contribution is -2.29. The molecular weight excluding hydrogens is 434 g/mol. The summed E-state index contributed by atoms with van der Waals surface area (Å²) >= 11 is 5.74. The van der Waals surface area contributed by atoms with Crippen LogP contribution >= 0.6 is 11.6 Å². The van der Waals surface area contributed by atoms with Crippen LogP contribution in [0, 0.1) is 22.7 Å². The van der Waals surface area contributed by atoms with Gasteiger partial charge in [0.1, 0.15) is 10.9 Å². The fraction of sp³-hybridized carbons (Fsp3) is 0.158.